The van der Waals surface area contributed by atoms with E-state index >= 15 is 0 Å². The Morgan fingerprint density at radius 1 is 1.00 bits per heavy atom. The standard InChI is InChI=1S/C14H31NO/c1-6-11(4)9-13(8-3)15-10-14(16)12(5)7-2/h11-16H,6-10H2,1-5H3. The third-order valence-corrected chi connectivity index (χ3v) is 3.79. The SMILES string of the molecule is CCC(C)CC(CC)NCC(O)C(C)CC. The Kier molecular flexibility index (Phi) is 8.96. The highest BCUT2D eigenvalue weighted by Gasteiger charge is 2.15. The molecule has 0 aromatic carbocycles. The average molecular weight is 229 g/mol. The van der Waals surface area contributed by atoms with Crippen molar-refractivity contribution in [2.75, 3.05) is 6.54 Å². The number of hydrogen-bond acceptors (Lipinski definition) is 2. The molecule has 2 nitrogen and oxygen atoms in total. The van der Waals surface area contributed by atoms with Gasteiger partial charge in [0, 0.05) is 12.6 Å². The second kappa shape index (κ2) is 9.00. The molecule has 0 radical (unpaired) electrons. The van der Waals surface area contributed by atoms with Crippen molar-refractivity contribution in [3.63, 3.8) is 0 Å². The third kappa shape index (κ3) is 6.49. The van der Waals surface area contributed by atoms with Crippen LogP contribution in [0.15, 0.2) is 0 Å². The van der Waals surface area contributed by atoms with E-state index in [9.17, 15) is 5.11 Å². The number of aliphatic hydroxyl groups excluding tert-OH is 1. The van der Waals surface area contributed by atoms with Crippen LogP contribution in [-0.4, -0.2) is 23.8 Å². The summed E-state index contributed by atoms with van der Waals surface area (Å²) in [5, 5.41) is 13.4. The summed E-state index contributed by atoms with van der Waals surface area (Å²) in [6, 6.07) is 0.564. The molecule has 0 aliphatic heterocycles. The van der Waals surface area contributed by atoms with E-state index in [0.29, 0.717) is 12.0 Å². The van der Waals surface area contributed by atoms with Crippen molar-refractivity contribution in [2.45, 2.75) is 72.4 Å². The van der Waals surface area contributed by atoms with E-state index in [1.165, 1.54) is 12.8 Å². The molecule has 0 aromatic heterocycles. The molecule has 4 atom stereocenters. The lowest BCUT2D eigenvalue weighted by Crippen LogP contribution is -2.38. The van der Waals surface area contributed by atoms with E-state index in [-0.39, 0.29) is 6.10 Å². The fourth-order valence-corrected chi connectivity index (χ4v) is 1.81. The van der Waals surface area contributed by atoms with Crippen LogP contribution in [0.3, 0.4) is 0 Å². The molecule has 0 amide bonds. The molecule has 16 heavy (non-hydrogen) atoms. The van der Waals surface area contributed by atoms with Crippen molar-refractivity contribution in [3.05, 3.63) is 0 Å². The molecular formula is C14H31NO. The van der Waals surface area contributed by atoms with Crippen LogP contribution in [0, 0.1) is 11.8 Å². The zero-order valence-corrected chi connectivity index (χ0v) is 11.8. The maximum atomic E-state index is 9.89. The number of aliphatic hydroxyl groups is 1. The van der Waals surface area contributed by atoms with Crippen LogP contribution in [0.25, 0.3) is 0 Å². The summed E-state index contributed by atoms with van der Waals surface area (Å²) < 4.78 is 0. The minimum atomic E-state index is -0.198. The van der Waals surface area contributed by atoms with Crippen LogP contribution in [0.1, 0.15) is 60.3 Å². The van der Waals surface area contributed by atoms with Gasteiger partial charge in [0.05, 0.1) is 6.10 Å². The van der Waals surface area contributed by atoms with Gasteiger partial charge in [-0.1, -0.05) is 47.5 Å². The highest BCUT2D eigenvalue weighted by atomic mass is 16.3. The molecule has 2 N–H and O–H groups in total. The van der Waals surface area contributed by atoms with Gasteiger partial charge in [-0.3, -0.25) is 0 Å². The van der Waals surface area contributed by atoms with E-state index < -0.39 is 0 Å². The molecule has 0 rings (SSSR count). The molecule has 4 unspecified atom stereocenters. The first-order valence-corrected chi connectivity index (χ1v) is 6.96. The summed E-state index contributed by atoms with van der Waals surface area (Å²) in [4.78, 5) is 0. The Balaban J connectivity index is 3.86. The van der Waals surface area contributed by atoms with Gasteiger partial charge in [0.1, 0.15) is 0 Å². The lowest BCUT2D eigenvalue weighted by Gasteiger charge is -2.24. The van der Waals surface area contributed by atoms with E-state index in [0.717, 1.165) is 25.3 Å². The van der Waals surface area contributed by atoms with Gasteiger partial charge in [-0.05, 0) is 24.7 Å². The molecule has 0 aliphatic rings. The van der Waals surface area contributed by atoms with E-state index in [1.807, 2.05) is 0 Å². The Hall–Kier alpha value is -0.0800. The molecule has 0 heterocycles. The monoisotopic (exact) mass is 229 g/mol. The van der Waals surface area contributed by atoms with Gasteiger partial charge in [-0.25, -0.2) is 0 Å². The first-order valence-electron chi connectivity index (χ1n) is 6.96. The normalized spacial score (nSPS) is 19.1. The molecule has 0 saturated carbocycles. The minimum Gasteiger partial charge on any atom is -0.392 e. The Morgan fingerprint density at radius 3 is 2.06 bits per heavy atom. The van der Waals surface area contributed by atoms with Crippen molar-refractivity contribution in [1.29, 1.82) is 0 Å². The zero-order valence-electron chi connectivity index (χ0n) is 11.8. The van der Waals surface area contributed by atoms with E-state index in [4.69, 9.17) is 0 Å². The van der Waals surface area contributed by atoms with Crippen LogP contribution in [0.4, 0.5) is 0 Å². The lowest BCUT2D eigenvalue weighted by molar-refractivity contribution is 0.108. The first kappa shape index (κ1) is 15.9. The fourth-order valence-electron chi connectivity index (χ4n) is 1.81. The highest BCUT2D eigenvalue weighted by molar-refractivity contribution is 4.72. The van der Waals surface area contributed by atoms with Crippen molar-refractivity contribution in [1.82, 2.24) is 5.32 Å². The average Bonchev–Trinajstić information content (AvgIpc) is 2.32. The summed E-state index contributed by atoms with van der Waals surface area (Å²) in [5.41, 5.74) is 0. The Labute approximate surface area is 102 Å². The van der Waals surface area contributed by atoms with Gasteiger partial charge in [0.25, 0.3) is 0 Å². The Bertz CT molecular complexity index is 161. The van der Waals surface area contributed by atoms with Crippen LogP contribution >= 0.6 is 0 Å². The predicted octanol–water partition coefficient (Wildman–Crippen LogP) is 3.20. The molecular weight excluding hydrogens is 198 g/mol. The van der Waals surface area contributed by atoms with Crippen LogP contribution < -0.4 is 5.32 Å². The van der Waals surface area contributed by atoms with Crippen molar-refractivity contribution in [3.8, 4) is 0 Å². The van der Waals surface area contributed by atoms with Gasteiger partial charge in [-0.15, -0.1) is 0 Å². The maximum Gasteiger partial charge on any atom is 0.0690 e. The van der Waals surface area contributed by atoms with Gasteiger partial charge in [0.15, 0.2) is 0 Å². The van der Waals surface area contributed by atoms with Crippen LogP contribution in [-0.2, 0) is 0 Å². The molecule has 0 fully saturated rings. The van der Waals surface area contributed by atoms with Crippen molar-refractivity contribution >= 4 is 0 Å². The second-order valence-electron chi connectivity index (χ2n) is 5.22. The van der Waals surface area contributed by atoms with Crippen LogP contribution in [0.5, 0.6) is 0 Å². The molecule has 0 aromatic rings. The smallest absolute Gasteiger partial charge is 0.0690 e. The largest absolute Gasteiger partial charge is 0.392 e. The van der Waals surface area contributed by atoms with E-state index in [1.54, 1.807) is 0 Å². The predicted molar refractivity (Wildman–Crippen MR) is 71.6 cm³/mol. The molecule has 0 bridgehead atoms. The fraction of sp³-hybridized carbons (Fsp3) is 1.00. The Morgan fingerprint density at radius 2 is 1.62 bits per heavy atom. The van der Waals surface area contributed by atoms with Gasteiger partial charge < -0.3 is 10.4 Å². The maximum absolute atomic E-state index is 9.89. The highest BCUT2D eigenvalue weighted by Crippen LogP contribution is 2.13. The molecule has 2 heteroatoms. The third-order valence-electron chi connectivity index (χ3n) is 3.79. The number of hydrogen-bond donors (Lipinski definition) is 2. The van der Waals surface area contributed by atoms with Gasteiger partial charge >= 0.3 is 0 Å². The second-order valence-corrected chi connectivity index (χ2v) is 5.22. The number of nitrogens with one attached hydrogen (secondary N) is 1. The first-order chi connectivity index (χ1) is 7.54. The molecule has 0 spiro atoms. The molecule has 0 aliphatic carbocycles. The summed E-state index contributed by atoms with van der Waals surface area (Å²) in [6.45, 7) is 11.7. The van der Waals surface area contributed by atoms with E-state index in [2.05, 4.69) is 39.9 Å². The topological polar surface area (TPSA) is 32.3 Å². The quantitative estimate of drug-likeness (QED) is 0.636. The van der Waals surface area contributed by atoms with Gasteiger partial charge in [-0.2, -0.15) is 0 Å². The van der Waals surface area contributed by atoms with Crippen molar-refractivity contribution < 1.29 is 5.11 Å². The van der Waals surface area contributed by atoms with Gasteiger partial charge in [0.2, 0.25) is 0 Å². The number of rotatable bonds is 9. The van der Waals surface area contributed by atoms with Crippen LogP contribution in [0.2, 0.25) is 0 Å². The van der Waals surface area contributed by atoms with Crippen molar-refractivity contribution in [2.24, 2.45) is 11.8 Å². The summed E-state index contributed by atoms with van der Waals surface area (Å²) >= 11 is 0. The lowest BCUT2D eigenvalue weighted by atomic mass is 9.96. The summed E-state index contributed by atoms with van der Waals surface area (Å²) in [6.07, 6.45) is 4.46. The summed E-state index contributed by atoms with van der Waals surface area (Å²) in [5.74, 6) is 1.17. The zero-order chi connectivity index (χ0) is 12.6. The molecule has 98 valence electrons. The molecule has 0 saturated heterocycles. The summed E-state index contributed by atoms with van der Waals surface area (Å²) in [7, 11) is 0. The minimum absolute atomic E-state index is 0.198.